The van der Waals surface area contributed by atoms with Crippen molar-refractivity contribution in [2.75, 3.05) is 25.1 Å². The molecule has 164 valence electrons. The lowest BCUT2D eigenvalue weighted by Gasteiger charge is -2.17. The summed E-state index contributed by atoms with van der Waals surface area (Å²) in [6, 6.07) is 16.4. The molecule has 1 saturated heterocycles. The highest BCUT2D eigenvalue weighted by atomic mass is 16.5. The number of benzene rings is 2. The fraction of sp³-hybridized carbons (Fsp3) is 0.240. The smallest absolute Gasteiger partial charge is 0.338 e. The lowest BCUT2D eigenvalue weighted by molar-refractivity contribution is 0.0600. The summed E-state index contributed by atoms with van der Waals surface area (Å²) in [5.41, 5.74) is 6.24. The first-order valence-corrected chi connectivity index (χ1v) is 10.5. The average Bonchev–Trinajstić information content (AvgIpc) is 3.51. The molecule has 7 nitrogen and oxygen atoms in total. The quantitative estimate of drug-likeness (QED) is 0.355. The average molecular weight is 431 g/mol. The number of amides is 1. The predicted octanol–water partition coefficient (Wildman–Crippen LogP) is 4.41. The number of hydrogen-bond acceptors (Lipinski definition) is 6. The minimum atomic E-state index is -0.395. The van der Waals surface area contributed by atoms with Gasteiger partial charge >= 0.3 is 5.97 Å². The summed E-state index contributed by atoms with van der Waals surface area (Å²) >= 11 is 0. The molecule has 0 radical (unpaired) electrons. The van der Waals surface area contributed by atoms with Gasteiger partial charge in [0.25, 0.3) is 5.91 Å². The molecule has 2 aromatic carbocycles. The number of hydrogen-bond donors (Lipinski definition) is 1. The van der Waals surface area contributed by atoms with Crippen molar-refractivity contribution >= 4 is 23.8 Å². The zero-order valence-corrected chi connectivity index (χ0v) is 18.1. The molecule has 7 heteroatoms. The maximum atomic E-state index is 12.4. The molecule has 1 fully saturated rings. The summed E-state index contributed by atoms with van der Waals surface area (Å²) < 4.78 is 10.6. The molecule has 1 aliphatic rings. The number of esters is 1. The number of anilines is 1. The van der Waals surface area contributed by atoms with Gasteiger partial charge in [-0.2, -0.15) is 5.10 Å². The van der Waals surface area contributed by atoms with Gasteiger partial charge in [-0.3, -0.25) is 4.79 Å². The Bertz CT molecular complexity index is 1140. The number of furan rings is 1. The number of carbonyl (C=O) groups is 2. The Labute approximate surface area is 186 Å². The number of nitrogens with one attached hydrogen (secondary N) is 1. The van der Waals surface area contributed by atoms with Gasteiger partial charge in [0.2, 0.25) is 0 Å². The van der Waals surface area contributed by atoms with Crippen LogP contribution in [0.2, 0.25) is 0 Å². The Hall–Kier alpha value is -3.87. The molecule has 1 N–H and O–H groups in total. The summed E-state index contributed by atoms with van der Waals surface area (Å²) in [5, 5.41) is 4.00. The molecule has 2 heterocycles. The Morgan fingerprint density at radius 1 is 1.06 bits per heavy atom. The third kappa shape index (κ3) is 4.56. The number of ether oxygens (including phenoxy) is 1. The summed E-state index contributed by atoms with van der Waals surface area (Å²) in [6.07, 6.45) is 3.86. The molecule has 1 aromatic heterocycles. The van der Waals surface area contributed by atoms with Crippen LogP contribution in [0.5, 0.6) is 0 Å². The van der Waals surface area contributed by atoms with Crippen LogP contribution in [0, 0.1) is 6.92 Å². The first-order chi connectivity index (χ1) is 15.6. The van der Waals surface area contributed by atoms with Crippen molar-refractivity contribution in [1.29, 1.82) is 0 Å². The number of carbonyl (C=O) groups excluding carboxylic acids is 2. The van der Waals surface area contributed by atoms with Crippen molar-refractivity contribution < 1.29 is 18.7 Å². The van der Waals surface area contributed by atoms with Gasteiger partial charge in [-0.05, 0) is 67.8 Å². The zero-order chi connectivity index (χ0) is 22.5. The van der Waals surface area contributed by atoms with E-state index >= 15 is 0 Å². The van der Waals surface area contributed by atoms with E-state index in [1.807, 2.05) is 25.1 Å². The number of nitrogens with zero attached hydrogens (tertiary/aromatic N) is 2. The second kappa shape index (κ2) is 9.51. The predicted molar refractivity (Wildman–Crippen MR) is 123 cm³/mol. The van der Waals surface area contributed by atoms with Crippen molar-refractivity contribution in [3.8, 4) is 11.3 Å². The molecular weight excluding hydrogens is 406 g/mol. The zero-order valence-electron chi connectivity index (χ0n) is 18.1. The van der Waals surface area contributed by atoms with Crippen LogP contribution >= 0.6 is 0 Å². The first kappa shape index (κ1) is 21.4. The number of hydrazone groups is 1. The van der Waals surface area contributed by atoms with Crippen molar-refractivity contribution in [2.24, 2.45) is 5.10 Å². The Morgan fingerprint density at radius 3 is 2.53 bits per heavy atom. The lowest BCUT2D eigenvalue weighted by Crippen LogP contribution is -2.19. The lowest BCUT2D eigenvalue weighted by atomic mass is 10.0. The van der Waals surface area contributed by atoms with Crippen LogP contribution in [0.3, 0.4) is 0 Å². The topological polar surface area (TPSA) is 84.1 Å². The highest BCUT2D eigenvalue weighted by Gasteiger charge is 2.15. The van der Waals surface area contributed by atoms with E-state index in [9.17, 15) is 9.59 Å². The molecule has 0 spiro atoms. The van der Waals surface area contributed by atoms with Crippen LogP contribution in [-0.2, 0) is 4.74 Å². The maximum Gasteiger partial charge on any atom is 0.338 e. The van der Waals surface area contributed by atoms with Crippen LogP contribution in [-0.4, -0.2) is 38.3 Å². The van der Waals surface area contributed by atoms with Gasteiger partial charge in [0.15, 0.2) is 0 Å². The van der Waals surface area contributed by atoms with Gasteiger partial charge in [0.1, 0.15) is 11.5 Å². The third-order valence-electron chi connectivity index (χ3n) is 5.59. The summed E-state index contributed by atoms with van der Waals surface area (Å²) in [7, 11) is 1.35. The van der Waals surface area contributed by atoms with E-state index in [1.54, 1.807) is 36.4 Å². The Balaban J connectivity index is 1.40. The van der Waals surface area contributed by atoms with Crippen LogP contribution in [0.4, 0.5) is 5.69 Å². The number of methoxy groups -OCH3 is 1. The third-order valence-corrected chi connectivity index (χ3v) is 5.59. The van der Waals surface area contributed by atoms with Crippen molar-refractivity contribution in [2.45, 2.75) is 19.8 Å². The minimum absolute atomic E-state index is 0.289. The summed E-state index contributed by atoms with van der Waals surface area (Å²) in [4.78, 5) is 26.6. The van der Waals surface area contributed by atoms with Gasteiger partial charge in [-0.1, -0.05) is 12.1 Å². The summed E-state index contributed by atoms with van der Waals surface area (Å²) in [6.45, 7) is 3.97. The molecule has 32 heavy (non-hydrogen) atoms. The fourth-order valence-corrected chi connectivity index (χ4v) is 3.82. The van der Waals surface area contributed by atoms with Crippen LogP contribution in [0.25, 0.3) is 11.3 Å². The normalized spacial score (nSPS) is 13.5. The largest absolute Gasteiger partial charge is 0.465 e. The highest BCUT2D eigenvalue weighted by Crippen LogP contribution is 2.27. The Kier molecular flexibility index (Phi) is 6.35. The van der Waals surface area contributed by atoms with Crippen molar-refractivity contribution in [3.63, 3.8) is 0 Å². The van der Waals surface area contributed by atoms with Crippen molar-refractivity contribution in [3.05, 3.63) is 77.0 Å². The van der Waals surface area contributed by atoms with Gasteiger partial charge in [-0.15, -0.1) is 0 Å². The summed E-state index contributed by atoms with van der Waals surface area (Å²) in [5.74, 6) is 0.391. The second-order valence-electron chi connectivity index (χ2n) is 7.61. The van der Waals surface area contributed by atoms with Gasteiger partial charge < -0.3 is 14.1 Å². The number of rotatable bonds is 6. The highest BCUT2D eigenvalue weighted by molar-refractivity contribution is 5.95. The van der Waals surface area contributed by atoms with E-state index < -0.39 is 5.97 Å². The molecule has 0 unspecified atom stereocenters. The monoisotopic (exact) mass is 431 g/mol. The Morgan fingerprint density at radius 2 is 1.81 bits per heavy atom. The first-order valence-electron chi connectivity index (χ1n) is 10.5. The van der Waals surface area contributed by atoms with Crippen LogP contribution < -0.4 is 10.3 Å². The second-order valence-corrected chi connectivity index (χ2v) is 7.61. The van der Waals surface area contributed by atoms with Crippen molar-refractivity contribution in [1.82, 2.24) is 5.43 Å². The molecule has 0 bridgehead atoms. The molecular formula is C25H25N3O4. The van der Waals surface area contributed by atoms with E-state index in [0.717, 1.165) is 29.9 Å². The molecule has 0 atom stereocenters. The molecule has 0 aliphatic carbocycles. The molecule has 3 aromatic rings. The fourth-order valence-electron chi connectivity index (χ4n) is 3.82. The van der Waals surface area contributed by atoms with E-state index in [0.29, 0.717) is 22.6 Å². The standard InChI is InChI=1S/C25H25N3O4/c1-17-21(6-5-7-22(17)25(30)31-2)23-13-12-20(32-23)16-26-27-24(29)18-8-10-19(11-9-18)28-14-3-4-15-28/h5-13,16H,3-4,14-15H2,1-2H3,(H,27,29)/b26-16-. The molecule has 0 saturated carbocycles. The van der Waals surface area contributed by atoms with Gasteiger partial charge in [0.05, 0.1) is 18.9 Å². The SMILES string of the molecule is COC(=O)c1cccc(-c2ccc(/C=N\NC(=O)c3ccc(N4CCCC4)cc3)o2)c1C. The molecule has 1 amide bonds. The molecule has 1 aliphatic heterocycles. The van der Waals surface area contributed by atoms with Gasteiger partial charge in [-0.25, -0.2) is 10.2 Å². The van der Waals surface area contributed by atoms with Crippen LogP contribution in [0.1, 0.15) is 44.9 Å². The molecule has 4 rings (SSSR count). The minimum Gasteiger partial charge on any atom is -0.465 e. The van der Waals surface area contributed by atoms with Gasteiger partial charge in [0, 0.05) is 29.9 Å². The van der Waals surface area contributed by atoms with E-state index in [1.165, 1.54) is 26.2 Å². The van der Waals surface area contributed by atoms with E-state index in [4.69, 9.17) is 9.15 Å². The van der Waals surface area contributed by atoms with E-state index in [-0.39, 0.29) is 5.91 Å². The van der Waals surface area contributed by atoms with E-state index in [2.05, 4.69) is 15.4 Å². The van der Waals surface area contributed by atoms with Crippen LogP contribution in [0.15, 0.2) is 64.1 Å². The maximum absolute atomic E-state index is 12.4.